The van der Waals surface area contributed by atoms with E-state index >= 15 is 0 Å². The number of hydrogen-bond acceptors (Lipinski definition) is 4. The number of rotatable bonds is 8. The maximum atomic E-state index is 14.6. The fraction of sp³-hybridized carbons (Fsp3) is 0.0909. The van der Waals surface area contributed by atoms with Gasteiger partial charge in [0.1, 0.15) is 11.6 Å². The van der Waals surface area contributed by atoms with Crippen molar-refractivity contribution < 1.29 is 27.1 Å². The summed E-state index contributed by atoms with van der Waals surface area (Å²) in [6, 6.07) is 13.2. The van der Waals surface area contributed by atoms with Gasteiger partial charge in [-0.2, -0.15) is 0 Å². The minimum atomic E-state index is -4.05. The van der Waals surface area contributed by atoms with Gasteiger partial charge in [-0.3, -0.25) is 9.52 Å². The lowest BCUT2D eigenvalue weighted by Gasteiger charge is -2.13. The molecular weight excluding hydrogens is 454 g/mol. The van der Waals surface area contributed by atoms with Crippen molar-refractivity contribution in [2.24, 2.45) is 16.5 Å². The SMILES string of the molecule is NC(N)=Nc1cccc(S(=O)(=O)Nc2cccc(-c3c(F)cc(F)cc3CCC(=O)O)c2)c1. The van der Waals surface area contributed by atoms with Crippen LogP contribution in [0.2, 0.25) is 0 Å². The van der Waals surface area contributed by atoms with E-state index < -0.39 is 27.6 Å². The number of carbonyl (C=O) groups is 1. The highest BCUT2D eigenvalue weighted by atomic mass is 32.2. The number of nitrogens with zero attached hydrogens (tertiary/aromatic N) is 1. The maximum absolute atomic E-state index is 14.6. The molecule has 0 atom stereocenters. The molecule has 0 saturated carbocycles. The highest BCUT2D eigenvalue weighted by Gasteiger charge is 2.18. The number of hydrogen-bond donors (Lipinski definition) is 4. The van der Waals surface area contributed by atoms with E-state index in [1.165, 1.54) is 48.5 Å². The van der Waals surface area contributed by atoms with Gasteiger partial charge in [0, 0.05) is 23.7 Å². The summed E-state index contributed by atoms with van der Waals surface area (Å²) in [7, 11) is -4.05. The number of aliphatic imine (C=N–C) groups is 1. The summed E-state index contributed by atoms with van der Waals surface area (Å²) in [5, 5.41) is 8.94. The first kappa shape index (κ1) is 23.7. The predicted molar refractivity (Wildman–Crippen MR) is 120 cm³/mol. The van der Waals surface area contributed by atoms with Gasteiger partial charge in [0.15, 0.2) is 5.96 Å². The van der Waals surface area contributed by atoms with Gasteiger partial charge >= 0.3 is 5.97 Å². The van der Waals surface area contributed by atoms with Crippen LogP contribution in [0.3, 0.4) is 0 Å². The Kier molecular flexibility index (Phi) is 6.92. The second-order valence-corrected chi connectivity index (χ2v) is 8.72. The Morgan fingerprint density at radius 3 is 2.45 bits per heavy atom. The lowest BCUT2D eigenvalue weighted by molar-refractivity contribution is -0.136. The Labute approximate surface area is 188 Å². The third kappa shape index (κ3) is 6.04. The first-order valence-electron chi connectivity index (χ1n) is 9.58. The number of nitrogens with two attached hydrogens (primary N) is 2. The number of benzene rings is 3. The van der Waals surface area contributed by atoms with Crippen molar-refractivity contribution in [2.75, 3.05) is 4.72 Å². The average Bonchev–Trinajstić information content (AvgIpc) is 2.71. The molecule has 3 rings (SSSR count). The largest absolute Gasteiger partial charge is 0.481 e. The molecule has 3 aromatic rings. The number of sulfonamides is 1. The van der Waals surface area contributed by atoms with Gasteiger partial charge in [-0.25, -0.2) is 22.2 Å². The van der Waals surface area contributed by atoms with Crippen molar-refractivity contribution in [2.45, 2.75) is 17.7 Å². The molecule has 3 aromatic carbocycles. The molecule has 8 nitrogen and oxygen atoms in total. The lowest BCUT2D eigenvalue weighted by Crippen LogP contribution is -2.22. The van der Waals surface area contributed by atoms with Crippen LogP contribution in [-0.4, -0.2) is 25.5 Å². The van der Waals surface area contributed by atoms with Crippen LogP contribution in [0.25, 0.3) is 11.1 Å². The molecule has 0 spiro atoms. The minimum absolute atomic E-state index is 0.00606. The van der Waals surface area contributed by atoms with Crippen molar-refractivity contribution in [1.82, 2.24) is 0 Å². The Balaban J connectivity index is 1.97. The third-order valence-corrected chi connectivity index (χ3v) is 5.91. The fourth-order valence-electron chi connectivity index (χ4n) is 3.21. The first-order valence-corrected chi connectivity index (χ1v) is 11.1. The van der Waals surface area contributed by atoms with Gasteiger partial charge in [-0.15, -0.1) is 0 Å². The van der Waals surface area contributed by atoms with Crippen LogP contribution < -0.4 is 16.2 Å². The molecule has 0 radical (unpaired) electrons. The van der Waals surface area contributed by atoms with Crippen molar-refractivity contribution in [1.29, 1.82) is 0 Å². The number of nitrogens with one attached hydrogen (secondary N) is 1. The van der Waals surface area contributed by atoms with E-state index in [0.717, 1.165) is 6.07 Å². The zero-order valence-corrected chi connectivity index (χ0v) is 17.9. The Morgan fingerprint density at radius 2 is 1.76 bits per heavy atom. The number of halogens is 2. The summed E-state index contributed by atoms with van der Waals surface area (Å²) in [6.45, 7) is 0. The summed E-state index contributed by atoms with van der Waals surface area (Å²) in [4.78, 5) is 14.6. The molecule has 6 N–H and O–H groups in total. The predicted octanol–water partition coefficient (Wildman–Crippen LogP) is 3.35. The monoisotopic (exact) mass is 474 g/mol. The smallest absolute Gasteiger partial charge is 0.303 e. The Morgan fingerprint density at radius 1 is 1.03 bits per heavy atom. The molecular formula is C22H20F2N4O4S. The van der Waals surface area contributed by atoms with Crippen molar-refractivity contribution in [3.63, 3.8) is 0 Å². The van der Waals surface area contributed by atoms with E-state index in [2.05, 4.69) is 9.71 Å². The second-order valence-electron chi connectivity index (χ2n) is 7.04. The number of anilines is 1. The van der Waals surface area contributed by atoms with E-state index in [1.807, 2.05) is 0 Å². The summed E-state index contributed by atoms with van der Waals surface area (Å²) in [5.74, 6) is -3.07. The molecule has 0 bridgehead atoms. The van der Waals surface area contributed by atoms with Crippen LogP contribution in [0.15, 0.2) is 70.6 Å². The number of aliphatic carboxylic acids is 1. The molecule has 0 unspecified atom stereocenters. The summed E-state index contributed by atoms with van der Waals surface area (Å²) in [6.07, 6.45) is -0.429. The van der Waals surface area contributed by atoms with Crippen molar-refractivity contribution >= 4 is 33.3 Å². The lowest BCUT2D eigenvalue weighted by atomic mass is 9.95. The quantitative estimate of drug-likeness (QED) is 0.291. The molecule has 11 heteroatoms. The molecule has 172 valence electrons. The fourth-order valence-corrected chi connectivity index (χ4v) is 4.30. The molecule has 0 aliphatic carbocycles. The zero-order chi connectivity index (χ0) is 24.2. The van der Waals surface area contributed by atoms with Gasteiger partial charge in [0.25, 0.3) is 10.0 Å². The van der Waals surface area contributed by atoms with Crippen molar-refractivity contribution in [3.05, 3.63) is 77.9 Å². The first-order chi connectivity index (χ1) is 15.5. The van der Waals surface area contributed by atoms with Crippen LogP contribution in [0.4, 0.5) is 20.2 Å². The van der Waals surface area contributed by atoms with Gasteiger partial charge in [0.05, 0.1) is 10.6 Å². The minimum Gasteiger partial charge on any atom is -0.481 e. The molecule has 0 aliphatic rings. The molecule has 0 saturated heterocycles. The van der Waals surface area contributed by atoms with Crippen LogP contribution in [-0.2, 0) is 21.2 Å². The molecule has 0 aliphatic heterocycles. The van der Waals surface area contributed by atoms with E-state index in [0.29, 0.717) is 6.07 Å². The van der Waals surface area contributed by atoms with Crippen LogP contribution in [0.1, 0.15) is 12.0 Å². The van der Waals surface area contributed by atoms with Gasteiger partial charge in [-0.1, -0.05) is 18.2 Å². The van der Waals surface area contributed by atoms with Crippen molar-refractivity contribution in [3.8, 4) is 11.1 Å². The third-order valence-electron chi connectivity index (χ3n) is 4.53. The highest BCUT2D eigenvalue weighted by Crippen LogP contribution is 2.31. The van der Waals surface area contributed by atoms with E-state index in [9.17, 15) is 22.0 Å². The number of aryl methyl sites for hydroxylation is 1. The molecule has 33 heavy (non-hydrogen) atoms. The van der Waals surface area contributed by atoms with E-state index in [-0.39, 0.29) is 51.8 Å². The summed E-state index contributed by atoms with van der Waals surface area (Å²) in [5.41, 5.74) is 11.4. The number of carboxylic acids is 1. The standard InChI is InChI=1S/C22H20F2N4O4S/c23-15-9-14(7-8-20(29)30)21(19(24)11-15)13-3-1-5-17(10-13)28-33(31,32)18-6-2-4-16(12-18)27-22(25)26/h1-6,9-12,28H,7-8H2,(H,29,30)(H4,25,26,27). The molecule has 0 aromatic heterocycles. The van der Waals surface area contributed by atoms with Crippen LogP contribution in [0.5, 0.6) is 0 Å². The number of guanidine groups is 1. The van der Waals surface area contributed by atoms with Gasteiger partial charge < -0.3 is 16.6 Å². The van der Waals surface area contributed by atoms with Crippen LogP contribution >= 0.6 is 0 Å². The van der Waals surface area contributed by atoms with E-state index in [4.69, 9.17) is 16.6 Å². The molecule has 0 fully saturated rings. The molecule has 0 heterocycles. The number of carboxylic acid groups (broad SMARTS) is 1. The van der Waals surface area contributed by atoms with Gasteiger partial charge in [-0.05, 0) is 53.9 Å². The Bertz CT molecular complexity index is 1340. The topological polar surface area (TPSA) is 148 Å². The van der Waals surface area contributed by atoms with E-state index in [1.54, 1.807) is 0 Å². The second kappa shape index (κ2) is 9.65. The maximum Gasteiger partial charge on any atom is 0.303 e. The molecule has 0 amide bonds. The van der Waals surface area contributed by atoms with Crippen LogP contribution in [0, 0.1) is 11.6 Å². The normalized spacial score (nSPS) is 11.1. The van der Waals surface area contributed by atoms with Gasteiger partial charge in [0.2, 0.25) is 0 Å². The highest BCUT2D eigenvalue weighted by molar-refractivity contribution is 7.92. The zero-order valence-electron chi connectivity index (χ0n) is 17.1. The average molecular weight is 474 g/mol. The summed E-state index contributed by atoms with van der Waals surface area (Å²) >= 11 is 0. The Hall–Kier alpha value is -3.99. The summed E-state index contributed by atoms with van der Waals surface area (Å²) < 4.78 is 56.5.